The monoisotopic (exact) mass is 619 g/mol. The zero-order valence-corrected chi connectivity index (χ0v) is 23.5. The van der Waals surface area contributed by atoms with Gasteiger partial charge in [0.15, 0.2) is 17.6 Å². The van der Waals surface area contributed by atoms with Gasteiger partial charge in [-0.15, -0.1) is 0 Å². The molecule has 36 heavy (non-hydrogen) atoms. The van der Waals surface area contributed by atoms with Crippen LogP contribution in [-0.4, -0.2) is 42.2 Å². The number of methoxy groups -OCH3 is 2. The van der Waals surface area contributed by atoms with Gasteiger partial charge in [0.05, 0.1) is 35.8 Å². The van der Waals surface area contributed by atoms with Gasteiger partial charge in [0.25, 0.3) is 5.56 Å². The van der Waals surface area contributed by atoms with E-state index in [2.05, 4.69) is 37.0 Å². The number of nitrogens with zero attached hydrogens (tertiary/aromatic N) is 3. The van der Waals surface area contributed by atoms with Crippen LogP contribution in [0.2, 0.25) is 0 Å². The van der Waals surface area contributed by atoms with Crippen molar-refractivity contribution in [1.82, 2.24) is 9.66 Å². The molecule has 1 saturated carbocycles. The third-order valence-electron chi connectivity index (χ3n) is 6.21. The number of fused-ring (bicyclic) bond motifs is 1. The summed E-state index contributed by atoms with van der Waals surface area (Å²) in [6.45, 7) is 1.59. The van der Waals surface area contributed by atoms with Crippen LogP contribution in [0.4, 0.5) is 0 Å². The first-order valence-corrected chi connectivity index (χ1v) is 13.3. The SMILES string of the molecule is COC(=O)[C@@H](C)Oc1c(Br)cc(C=Nn2c(C3CCCCC3)nc3ccc(Br)cc3c2=O)cc1OC. The summed E-state index contributed by atoms with van der Waals surface area (Å²) in [6.07, 6.45) is 6.15. The molecular weight excluding hydrogens is 594 g/mol. The van der Waals surface area contributed by atoms with Gasteiger partial charge in [0.2, 0.25) is 0 Å². The largest absolute Gasteiger partial charge is 0.493 e. The molecule has 1 fully saturated rings. The molecule has 0 bridgehead atoms. The summed E-state index contributed by atoms with van der Waals surface area (Å²) in [5.74, 6) is 1.13. The predicted octanol–water partition coefficient (Wildman–Crippen LogP) is 5.80. The number of halogens is 2. The molecule has 0 radical (unpaired) electrons. The minimum absolute atomic E-state index is 0.175. The molecule has 0 spiro atoms. The minimum atomic E-state index is -0.820. The standard InChI is InChI=1S/C26H27Br2N3O5/c1-15(26(33)35-3)36-23-20(28)11-16(12-22(23)34-2)14-29-31-24(17-7-5-4-6-8-17)30-21-10-9-18(27)13-19(21)25(31)32/h9-15,17H,4-8H2,1-3H3/t15-/m1/s1. The van der Waals surface area contributed by atoms with E-state index in [4.69, 9.17) is 19.2 Å². The molecule has 0 unspecified atom stereocenters. The summed E-state index contributed by atoms with van der Waals surface area (Å²) in [6, 6.07) is 9.03. The molecule has 10 heteroatoms. The second kappa shape index (κ2) is 11.6. The van der Waals surface area contributed by atoms with Crippen LogP contribution in [0.5, 0.6) is 11.5 Å². The summed E-state index contributed by atoms with van der Waals surface area (Å²) in [5, 5.41) is 5.09. The topological polar surface area (TPSA) is 92.0 Å². The van der Waals surface area contributed by atoms with E-state index in [1.807, 2.05) is 12.1 Å². The third kappa shape index (κ3) is 5.64. The van der Waals surface area contributed by atoms with Crippen LogP contribution < -0.4 is 15.0 Å². The normalized spacial score (nSPS) is 15.2. The van der Waals surface area contributed by atoms with Crippen LogP contribution in [0.3, 0.4) is 0 Å². The van der Waals surface area contributed by atoms with Crippen LogP contribution in [0.15, 0.2) is 49.2 Å². The summed E-state index contributed by atoms with van der Waals surface area (Å²) < 4.78 is 18.8. The van der Waals surface area contributed by atoms with Gasteiger partial charge in [0.1, 0.15) is 5.82 Å². The fourth-order valence-electron chi connectivity index (χ4n) is 4.35. The molecule has 0 saturated heterocycles. The first kappa shape index (κ1) is 26.3. The fraction of sp³-hybridized carbons (Fsp3) is 0.385. The summed E-state index contributed by atoms with van der Waals surface area (Å²) in [4.78, 5) is 30.2. The Morgan fingerprint density at radius 2 is 1.92 bits per heavy atom. The smallest absolute Gasteiger partial charge is 0.346 e. The number of benzene rings is 2. The maximum Gasteiger partial charge on any atom is 0.346 e. The highest BCUT2D eigenvalue weighted by Gasteiger charge is 2.23. The molecular formula is C26H27Br2N3O5. The van der Waals surface area contributed by atoms with Crippen molar-refractivity contribution >= 4 is 54.9 Å². The van der Waals surface area contributed by atoms with Gasteiger partial charge < -0.3 is 14.2 Å². The van der Waals surface area contributed by atoms with Crippen molar-refractivity contribution in [2.75, 3.05) is 14.2 Å². The Hall–Kier alpha value is -2.72. The average molecular weight is 621 g/mol. The molecule has 1 aromatic heterocycles. The summed E-state index contributed by atoms with van der Waals surface area (Å²) >= 11 is 6.94. The molecule has 1 atom stereocenters. The quantitative estimate of drug-likeness (QED) is 0.245. The fourth-order valence-corrected chi connectivity index (χ4v) is 5.26. The molecule has 0 N–H and O–H groups in total. The number of hydrogen-bond donors (Lipinski definition) is 0. The number of ether oxygens (including phenoxy) is 3. The first-order chi connectivity index (χ1) is 17.3. The third-order valence-corrected chi connectivity index (χ3v) is 7.29. The van der Waals surface area contributed by atoms with E-state index in [1.54, 1.807) is 31.3 Å². The highest BCUT2D eigenvalue weighted by Crippen LogP contribution is 2.37. The van der Waals surface area contributed by atoms with Gasteiger partial charge in [-0.05, 0) is 71.6 Å². The van der Waals surface area contributed by atoms with Gasteiger partial charge in [-0.3, -0.25) is 4.79 Å². The summed E-state index contributed by atoms with van der Waals surface area (Å²) in [7, 11) is 2.81. The Morgan fingerprint density at radius 1 is 1.17 bits per heavy atom. The number of hydrogen-bond acceptors (Lipinski definition) is 7. The lowest BCUT2D eigenvalue weighted by Crippen LogP contribution is -2.25. The Bertz CT molecular complexity index is 1370. The molecule has 0 amide bonds. The van der Waals surface area contributed by atoms with Crippen LogP contribution in [0.1, 0.15) is 56.3 Å². The highest BCUT2D eigenvalue weighted by molar-refractivity contribution is 9.10. The molecule has 0 aliphatic heterocycles. The number of esters is 1. The molecule has 8 nitrogen and oxygen atoms in total. The van der Waals surface area contributed by atoms with Gasteiger partial charge in [0, 0.05) is 10.4 Å². The van der Waals surface area contributed by atoms with Crippen LogP contribution >= 0.6 is 31.9 Å². The lowest BCUT2D eigenvalue weighted by molar-refractivity contribution is -0.147. The average Bonchev–Trinajstić information content (AvgIpc) is 2.89. The number of carbonyl (C=O) groups is 1. The second-order valence-corrected chi connectivity index (χ2v) is 10.4. The van der Waals surface area contributed by atoms with Crippen molar-refractivity contribution in [3.63, 3.8) is 0 Å². The Labute approximate surface area is 225 Å². The molecule has 1 aliphatic rings. The van der Waals surface area contributed by atoms with Gasteiger partial charge in [-0.2, -0.15) is 9.78 Å². The predicted molar refractivity (Wildman–Crippen MR) is 145 cm³/mol. The maximum atomic E-state index is 13.5. The summed E-state index contributed by atoms with van der Waals surface area (Å²) in [5.41, 5.74) is 1.13. The van der Waals surface area contributed by atoms with Crippen molar-refractivity contribution in [3.05, 3.63) is 61.0 Å². The van der Waals surface area contributed by atoms with E-state index in [1.165, 1.54) is 25.3 Å². The second-order valence-electron chi connectivity index (χ2n) is 8.65. The van der Waals surface area contributed by atoms with Crippen molar-refractivity contribution in [2.45, 2.75) is 51.0 Å². The van der Waals surface area contributed by atoms with Crippen molar-refractivity contribution in [2.24, 2.45) is 5.10 Å². The van der Waals surface area contributed by atoms with Crippen LogP contribution in [-0.2, 0) is 9.53 Å². The van der Waals surface area contributed by atoms with E-state index in [-0.39, 0.29) is 11.5 Å². The molecule has 1 heterocycles. The highest BCUT2D eigenvalue weighted by atomic mass is 79.9. The van der Waals surface area contributed by atoms with Gasteiger partial charge >= 0.3 is 5.97 Å². The minimum Gasteiger partial charge on any atom is -0.493 e. The Kier molecular flexibility index (Phi) is 8.46. The number of rotatable bonds is 7. The van der Waals surface area contributed by atoms with E-state index in [0.717, 1.165) is 30.2 Å². The van der Waals surface area contributed by atoms with E-state index >= 15 is 0 Å². The number of carbonyl (C=O) groups excluding carboxylic acids is 1. The lowest BCUT2D eigenvalue weighted by Gasteiger charge is -2.22. The molecule has 1 aliphatic carbocycles. The van der Waals surface area contributed by atoms with E-state index < -0.39 is 12.1 Å². The lowest BCUT2D eigenvalue weighted by atomic mass is 9.88. The van der Waals surface area contributed by atoms with Crippen LogP contribution in [0, 0.1) is 0 Å². The molecule has 3 aromatic rings. The van der Waals surface area contributed by atoms with E-state index in [0.29, 0.717) is 38.3 Å². The Morgan fingerprint density at radius 3 is 2.61 bits per heavy atom. The molecule has 4 rings (SSSR count). The Balaban J connectivity index is 1.76. The van der Waals surface area contributed by atoms with Crippen molar-refractivity contribution < 1.29 is 19.0 Å². The first-order valence-electron chi connectivity index (χ1n) is 11.7. The van der Waals surface area contributed by atoms with Gasteiger partial charge in [-0.1, -0.05) is 35.2 Å². The van der Waals surface area contributed by atoms with Gasteiger partial charge in [-0.25, -0.2) is 9.78 Å². The molecule has 190 valence electrons. The van der Waals surface area contributed by atoms with Crippen LogP contribution in [0.25, 0.3) is 10.9 Å². The van der Waals surface area contributed by atoms with E-state index in [9.17, 15) is 9.59 Å². The molecule has 2 aromatic carbocycles. The zero-order chi connectivity index (χ0) is 25.8. The maximum absolute atomic E-state index is 13.5. The van der Waals surface area contributed by atoms with Crippen molar-refractivity contribution in [3.8, 4) is 11.5 Å². The zero-order valence-electron chi connectivity index (χ0n) is 20.3. The number of aromatic nitrogens is 2. The van der Waals surface area contributed by atoms with Crippen molar-refractivity contribution in [1.29, 1.82) is 0 Å².